The normalized spacial score (nSPS) is 12.5. The van der Waals surface area contributed by atoms with Crippen molar-refractivity contribution in [2.75, 3.05) is 0 Å². The molecule has 0 bridgehead atoms. The Morgan fingerprint density at radius 2 is 2.13 bits per heavy atom. The Labute approximate surface area is 178 Å². The number of rotatable bonds is 10. The summed E-state index contributed by atoms with van der Waals surface area (Å²) in [7, 11) is 0. The number of nitrogens with one attached hydrogen (secondary N) is 1. The smallest absolute Gasteiger partial charge is 0.286 e. The van der Waals surface area contributed by atoms with Gasteiger partial charge in [-0.1, -0.05) is 22.6 Å². The van der Waals surface area contributed by atoms with Crippen LogP contribution in [0.2, 0.25) is 0 Å². The van der Waals surface area contributed by atoms with Gasteiger partial charge in [0.15, 0.2) is 6.29 Å². The number of carbonyl (C=O) groups excluding carboxylic acids is 2. The molecular formula is C18H18F3N7O2S. The minimum atomic E-state index is -3.08. The van der Waals surface area contributed by atoms with E-state index < -0.39 is 18.0 Å². The number of nitrogens with zero attached hydrogens (tertiary/aromatic N) is 6. The van der Waals surface area contributed by atoms with E-state index in [0.29, 0.717) is 11.3 Å². The van der Waals surface area contributed by atoms with E-state index in [0.717, 1.165) is 18.3 Å². The topological polar surface area (TPSA) is 116 Å². The van der Waals surface area contributed by atoms with Gasteiger partial charge in [0, 0.05) is 13.3 Å². The predicted molar refractivity (Wildman–Crippen MR) is 104 cm³/mol. The highest BCUT2D eigenvalue weighted by atomic mass is 32.1. The molecule has 1 atom stereocenters. The standard InChI is InChI=1S/C18H18F3N7O2S/c1-18(20,21)14-4-2-3-12(23-14)7-22-16(30)17-26-25-15(31-17)6-5-11(19)8-28-9-13(10-29)24-27-28/h2-4,9-11H,5-8H2,1H3,(H,22,30). The Bertz CT molecular complexity index is 1050. The molecule has 13 heteroatoms. The second-order valence-electron chi connectivity index (χ2n) is 6.71. The van der Waals surface area contributed by atoms with Crippen LogP contribution in [0.25, 0.3) is 0 Å². The first-order valence-corrected chi connectivity index (χ1v) is 10.0. The SMILES string of the molecule is CC(F)(F)c1cccc(CNC(=O)c2nnc(CCC(F)Cn3cc(C=O)nn3)s2)n1. The van der Waals surface area contributed by atoms with Crippen molar-refractivity contribution in [3.63, 3.8) is 0 Å². The molecule has 0 spiro atoms. The lowest BCUT2D eigenvalue weighted by atomic mass is 10.2. The van der Waals surface area contributed by atoms with Gasteiger partial charge in [0.1, 0.15) is 22.6 Å². The maximum atomic E-state index is 14.1. The highest BCUT2D eigenvalue weighted by molar-refractivity contribution is 7.13. The first-order chi connectivity index (χ1) is 14.7. The molecule has 0 radical (unpaired) electrons. The van der Waals surface area contributed by atoms with Gasteiger partial charge in [0.05, 0.1) is 25.0 Å². The zero-order valence-electron chi connectivity index (χ0n) is 16.3. The van der Waals surface area contributed by atoms with Gasteiger partial charge in [-0.25, -0.2) is 14.1 Å². The first kappa shape index (κ1) is 22.5. The van der Waals surface area contributed by atoms with Crippen molar-refractivity contribution in [1.82, 2.24) is 35.5 Å². The van der Waals surface area contributed by atoms with Crippen molar-refractivity contribution in [3.05, 3.63) is 51.5 Å². The summed E-state index contributed by atoms with van der Waals surface area (Å²) in [5.41, 5.74) is 0.0204. The van der Waals surface area contributed by atoms with Crippen LogP contribution in [0.3, 0.4) is 0 Å². The maximum absolute atomic E-state index is 14.1. The number of hydrogen-bond acceptors (Lipinski definition) is 8. The number of aromatic nitrogens is 6. The highest BCUT2D eigenvalue weighted by Gasteiger charge is 2.26. The van der Waals surface area contributed by atoms with Gasteiger partial charge in [0.25, 0.3) is 11.8 Å². The molecule has 0 aliphatic heterocycles. The van der Waals surface area contributed by atoms with Crippen molar-refractivity contribution in [3.8, 4) is 0 Å². The molecule has 0 fully saturated rings. The Morgan fingerprint density at radius 1 is 1.32 bits per heavy atom. The minimum Gasteiger partial charge on any atom is -0.344 e. The predicted octanol–water partition coefficient (Wildman–Crippen LogP) is 2.35. The van der Waals surface area contributed by atoms with E-state index in [-0.39, 0.29) is 48.0 Å². The van der Waals surface area contributed by atoms with Crippen molar-refractivity contribution < 1.29 is 22.8 Å². The molecule has 31 heavy (non-hydrogen) atoms. The number of pyridine rings is 1. The maximum Gasteiger partial charge on any atom is 0.286 e. The quantitative estimate of drug-likeness (QED) is 0.469. The molecule has 1 unspecified atom stereocenters. The van der Waals surface area contributed by atoms with E-state index in [2.05, 4.69) is 30.8 Å². The van der Waals surface area contributed by atoms with E-state index in [1.807, 2.05) is 0 Å². The van der Waals surface area contributed by atoms with Crippen molar-refractivity contribution in [2.24, 2.45) is 0 Å². The third-order valence-corrected chi connectivity index (χ3v) is 5.06. The van der Waals surface area contributed by atoms with Gasteiger partial charge in [-0.15, -0.1) is 15.3 Å². The summed E-state index contributed by atoms with van der Waals surface area (Å²) in [6.07, 6.45) is 0.998. The van der Waals surface area contributed by atoms with Crippen molar-refractivity contribution in [1.29, 1.82) is 0 Å². The second kappa shape index (κ2) is 9.73. The van der Waals surface area contributed by atoms with Crippen LogP contribution in [0.5, 0.6) is 0 Å². The third kappa shape index (κ3) is 6.38. The number of aldehydes is 1. The fraction of sp³-hybridized carbons (Fsp3) is 0.389. The Balaban J connectivity index is 1.48. The summed E-state index contributed by atoms with van der Waals surface area (Å²) in [6, 6.07) is 4.18. The molecule has 3 heterocycles. The van der Waals surface area contributed by atoms with E-state index in [4.69, 9.17) is 0 Å². The number of halogens is 3. The zero-order chi connectivity index (χ0) is 22.4. The molecule has 164 valence electrons. The summed E-state index contributed by atoms with van der Waals surface area (Å²) < 4.78 is 42.1. The third-order valence-electron chi connectivity index (χ3n) is 4.08. The molecule has 3 aromatic heterocycles. The zero-order valence-corrected chi connectivity index (χ0v) is 17.2. The fourth-order valence-corrected chi connectivity index (χ4v) is 3.32. The number of alkyl halides is 3. The van der Waals surface area contributed by atoms with Gasteiger partial charge < -0.3 is 5.32 Å². The summed E-state index contributed by atoms with van der Waals surface area (Å²) in [5, 5.41) is 18.0. The molecule has 0 aliphatic carbocycles. The van der Waals surface area contributed by atoms with Crippen LogP contribution >= 0.6 is 11.3 Å². The lowest BCUT2D eigenvalue weighted by molar-refractivity contribution is 0.0125. The van der Waals surface area contributed by atoms with Crippen LogP contribution in [0.1, 0.15) is 50.0 Å². The molecule has 3 rings (SSSR count). The van der Waals surface area contributed by atoms with Crippen molar-refractivity contribution >= 4 is 23.5 Å². The summed E-state index contributed by atoms with van der Waals surface area (Å²) in [5.74, 6) is -3.60. The summed E-state index contributed by atoms with van der Waals surface area (Å²) in [6.45, 7) is 0.636. The number of aryl methyl sites for hydroxylation is 1. The fourth-order valence-electron chi connectivity index (χ4n) is 2.55. The van der Waals surface area contributed by atoms with Crippen LogP contribution < -0.4 is 5.32 Å². The van der Waals surface area contributed by atoms with E-state index in [1.54, 1.807) is 0 Å². The average molecular weight is 453 g/mol. The number of hydrogen-bond donors (Lipinski definition) is 1. The molecule has 0 saturated heterocycles. The largest absolute Gasteiger partial charge is 0.344 e. The molecular weight excluding hydrogens is 435 g/mol. The van der Waals surface area contributed by atoms with Crippen LogP contribution in [-0.4, -0.2) is 48.5 Å². The second-order valence-corrected chi connectivity index (χ2v) is 7.77. The molecule has 0 saturated carbocycles. The van der Waals surface area contributed by atoms with Crippen molar-refractivity contribution in [2.45, 2.75) is 44.9 Å². The molecule has 0 aromatic carbocycles. The van der Waals surface area contributed by atoms with Crippen LogP contribution in [0.15, 0.2) is 24.4 Å². The average Bonchev–Trinajstić information content (AvgIpc) is 3.39. The molecule has 9 nitrogen and oxygen atoms in total. The Hall–Kier alpha value is -3.22. The molecule has 1 amide bonds. The van der Waals surface area contributed by atoms with Gasteiger partial charge in [-0.05, 0) is 18.6 Å². The molecule has 1 N–H and O–H groups in total. The van der Waals surface area contributed by atoms with Crippen LogP contribution in [0, 0.1) is 0 Å². The van der Waals surface area contributed by atoms with Gasteiger partial charge >= 0.3 is 0 Å². The van der Waals surface area contributed by atoms with Gasteiger partial charge in [-0.2, -0.15) is 8.78 Å². The monoisotopic (exact) mass is 453 g/mol. The van der Waals surface area contributed by atoms with Gasteiger partial charge in [0.2, 0.25) is 5.01 Å². The number of carbonyl (C=O) groups is 2. The lowest BCUT2D eigenvalue weighted by Gasteiger charge is -2.10. The van der Waals surface area contributed by atoms with Crippen LogP contribution in [0.4, 0.5) is 13.2 Å². The highest BCUT2D eigenvalue weighted by Crippen LogP contribution is 2.24. The number of amides is 1. The summed E-state index contributed by atoms with van der Waals surface area (Å²) >= 11 is 1.02. The summed E-state index contributed by atoms with van der Waals surface area (Å²) in [4.78, 5) is 26.6. The Kier molecular flexibility index (Phi) is 7.05. The van der Waals surface area contributed by atoms with E-state index in [9.17, 15) is 22.8 Å². The molecule has 0 aliphatic rings. The van der Waals surface area contributed by atoms with E-state index in [1.165, 1.54) is 29.1 Å². The van der Waals surface area contributed by atoms with E-state index >= 15 is 0 Å². The van der Waals surface area contributed by atoms with Crippen LogP contribution in [-0.2, 0) is 25.4 Å². The molecule has 3 aromatic rings. The first-order valence-electron chi connectivity index (χ1n) is 9.19. The minimum absolute atomic E-state index is 0.0507. The van der Waals surface area contributed by atoms with Gasteiger partial charge in [-0.3, -0.25) is 9.59 Å². The Morgan fingerprint density at radius 3 is 2.84 bits per heavy atom. The lowest BCUT2D eigenvalue weighted by Crippen LogP contribution is -2.23.